The van der Waals surface area contributed by atoms with Gasteiger partial charge in [-0.25, -0.2) is 0 Å². The minimum absolute atomic E-state index is 0.0128. The summed E-state index contributed by atoms with van der Waals surface area (Å²) >= 11 is 0. The average Bonchev–Trinajstić information content (AvgIpc) is 2.47. The van der Waals surface area contributed by atoms with E-state index in [9.17, 15) is 9.59 Å². The zero-order chi connectivity index (χ0) is 14.5. The second kappa shape index (κ2) is 7.04. The molecule has 2 heterocycles. The van der Waals surface area contributed by atoms with E-state index in [0.717, 1.165) is 12.8 Å². The first-order chi connectivity index (χ1) is 9.63. The van der Waals surface area contributed by atoms with Gasteiger partial charge >= 0.3 is 0 Å². The molecule has 3 atom stereocenters. The third-order valence-corrected chi connectivity index (χ3v) is 4.08. The number of hydrogen-bond acceptors (Lipinski definition) is 4. The first-order valence-electron chi connectivity index (χ1n) is 7.52. The number of nitrogens with one attached hydrogen (secondary N) is 2. The lowest BCUT2D eigenvalue weighted by molar-refractivity contribution is -0.152. The van der Waals surface area contributed by atoms with Gasteiger partial charge in [-0.1, -0.05) is 0 Å². The second-order valence-electron chi connectivity index (χ2n) is 5.60. The highest BCUT2D eigenvalue weighted by Gasteiger charge is 2.36. The van der Waals surface area contributed by atoms with Crippen LogP contribution in [0, 0.1) is 5.92 Å². The number of carbonyl (C=O) groups is 2. The van der Waals surface area contributed by atoms with Gasteiger partial charge in [0, 0.05) is 25.7 Å². The van der Waals surface area contributed by atoms with Gasteiger partial charge in [0.15, 0.2) is 0 Å². The van der Waals surface area contributed by atoms with Crippen LogP contribution in [0.3, 0.4) is 0 Å². The largest absolute Gasteiger partial charge is 0.377 e. The molecule has 2 saturated heterocycles. The molecular weight excluding hydrogens is 258 g/mol. The highest BCUT2D eigenvalue weighted by molar-refractivity contribution is 5.89. The quantitative estimate of drug-likeness (QED) is 0.748. The number of rotatable bonds is 3. The van der Waals surface area contributed by atoms with E-state index in [1.807, 2.05) is 6.92 Å². The van der Waals surface area contributed by atoms with Crippen LogP contribution in [-0.2, 0) is 14.3 Å². The maximum atomic E-state index is 12.6. The monoisotopic (exact) mass is 283 g/mol. The predicted octanol–water partition coefficient (Wildman–Crippen LogP) is -0.262. The Morgan fingerprint density at radius 3 is 2.85 bits per heavy atom. The topological polar surface area (TPSA) is 70.7 Å². The molecule has 6 heteroatoms. The van der Waals surface area contributed by atoms with Crippen LogP contribution in [0.15, 0.2) is 0 Å². The summed E-state index contributed by atoms with van der Waals surface area (Å²) in [6, 6.07) is -0.00141. The van der Waals surface area contributed by atoms with Crippen molar-refractivity contribution < 1.29 is 14.3 Å². The molecule has 0 aliphatic carbocycles. The standard InChI is InChI=1S/C14H25N3O3/c1-3-15-13(18)12-9-20-7-6-17(12)14(19)11-5-4-10(2)16-8-11/h10-12,16H,3-9H2,1-2H3,(H,15,18). The zero-order valence-corrected chi connectivity index (χ0v) is 12.4. The molecule has 2 rings (SSSR count). The van der Waals surface area contributed by atoms with E-state index >= 15 is 0 Å². The lowest BCUT2D eigenvalue weighted by atomic mass is 9.93. The molecule has 2 aliphatic heterocycles. The summed E-state index contributed by atoms with van der Waals surface area (Å²) in [7, 11) is 0. The molecule has 0 radical (unpaired) electrons. The summed E-state index contributed by atoms with van der Waals surface area (Å²) in [4.78, 5) is 26.4. The summed E-state index contributed by atoms with van der Waals surface area (Å²) in [6.07, 6.45) is 1.90. The Kier molecular flexibility index (Phi) is 5.37. The normalized spacial score (nSPS) is 30.9. The maximum Gasteiger partial charge on any atom is 0.245 e. The highest BCUT2D eigenvalue weighted by Crippen LogP contribution is 2.19. The number of carbonyl (C=O) groups excluding carboxylic acids is 2. The molecular formula is C14H25N3O3. The van der Waals surface area contributed by atoms with Crippen molar-refractivity contribution in [2.24, 2.45) is 5.92 Å². The molecule has 2 aliphatic rings. The average molecular weight is 283 g/mol. The van der Waals surface area contributed by atoms with Gasteiger partial charge in [-0.3, -0.25) is 9.59 Å². The number of ether oxygens (including phenoxy) is 1. The summed E-state index contributed by atoms with van der Waals surface area (Å²) in [6.45, 7) is 6.60. The van der Waals surface area contributed by atoms with Gasteiger partial charge in [-0.05, 0) is 26.7 Å². The SMILES string of the molecule is CCNC(=O)C1COCCN1C(=O)C1CCC(C)NC1. The molecule has 0 spiro atoms. The first kappa shape index (κ1) is 15.3. The Hall–Kier alpha value is -1.14. The predicted molar refractivity (Wildman–Crippen MR) is 75.2 cm³/mol. The van der Waals surface area contributed by atoms with Gasteiger partial charge in [0.05, 0.1) is 19.1 Å². The fourth-order valence-electron chi connectivity index (χ4n) is 2.82. The molecule has 0 saturated carbocycles. The minimum atomic E-state index is -0.476. The number of amides is 2. The van der Waals surface area contributed by atoms with Gasteiger partial charge in [0.25, 0.3) is 0 Å². The van der Waals surface area contributed by atoms with Crippen LogP contribution in [0.2, 0.25) is 0 Å². The summed E-state index contributed by atoms with van der Waals surface area (Å²) in [5, 5.41) is 6.12. The number of morpholine rings is 1. The van der Waals surface area contributed by atoms with E-state index in [4.69, 9.17) is 4.74 Å². The van der Waals surface area contributed by atoms with Crippen LogP contribution in [0.5, 0.6) is 0 Å². The Morgan fingerprint density at radius 1 is 1.40 bits per heavy atom. The van der Waals surface area contributed by atoms with Crippen LogP contribution in [0.25, 0.3) is 0 Å². The third-order valence-electron chi connectivity index (χ3n) is 4.08. The van der Waals surface area contributed by atoms with Crippen molar-refractivity contribution in [3.8, 4) is 0 Å². The van der Waals surface area contributed by atoms with E-state index in [0.29, 0.717) is 38.9 Å². The lowest BCUT2D eigenvalue weighted by Crippen LogP contribution is -2.58. The maximum absolute atomic E-state index is 12.6. The number of hydrogen-bond donors (Lipinski definition) is 2. The van der Waals surface area contributed by atoms with Crippen molar-refractivity contribution in [3.05, 3.63) is 0 Å². The lowest BCUT2D eigenvalue weighted by Gasteiger charge is -2.38. The Labute approximate surface area is 120 Å². The summed E-state index contributed by atoms with van der Waals surface area (Å²) in [5.74, 6) is -0.0390. The van der Waals surface area contributed by atoms with Gasteiger partial charge in [-0.2, -0.15) is 0 Å². The van der Waals surface area contributed by atoms with Crippen LogP contribution < -0.4 is 10.6 Å². The van der Waals surface area contributed by atoms with Crippen LogP contribution >= 0.6 is 0 Å². The smallest absolute Gasteiger partial charge is 0.245 e. The molecule has 0 aromatic carbocycles. The zero-order valence-electron chi connectivity index (χ0n) is 12.4. The molecule has 2 N–H and O–H groups in total. The highest BCUT2D eigenvalue weighted by atomic mass is 16.5. The van der Waals surface area contributed by atoms with E-state index in [1.54, 1.807) is 4.90 Å². The van der Waals surface area contributed by atoms with E-state index in [1.165, 1.54) is 0 Å². The minimum Gasteiger partial charge on any atom is -0.377 e. The number of nitrogens with zero attached hydrogens (tertiary/aromatic N) is 1. The van der Waals surface area contributed by atoms with Crippen LogP contribution in [-0.4, -0.2) is 61.6 Å². The second-order valence-corrected chi connectivity index (χ2v) is 5.60. The Bertz CT molecular complexity index is 354. The number of piperidine rings is 1. The van der Waals surface area contributed by atoms with E-state index < -0.39 is 6.04 Å². The van der Waals surface area contributed by atoms with Gasteiger partial charge < -0.3 is 20.3 Å². The molecule has 3 unspecified atom stereocenters. The summed E-state index contributed by atoms with van der Waals surface area (Å²) < 4.78 is 5.36. The number of likely N-dealkylation sites (N-methyl/N-ethyl adjacent to an activating group) is 1. The van der Waals surface area contributed by atoms with Gasteiger partial charge in [-0.15, -0.1) is 0 Å². The van der Waals surface area contributed by atoms with Crippen molar-refractivity contribution >= 4 is 11.8 Å². The molecule has 0 aromatic heterocycles. The summed E-state index contributed by atoms with van der Waals surface area (Å²) in [5.41, 5.74) is 0. The molecule has 6 nitrogen and oxygen atoms in total. The molecule has 0 aromatic rings. The van der Waals surface area contributed by atoms with Crippen molar-refractivity contribution in [1.82, 2.24) is 15.5 Å². The Morgan fingerprint density at radius 2 is 2.20 bits per heavy atom. The van der Waals surface area contributed by atoms with E-state index in [-0.39, 0.29) is 17.7 Å². The molecule has 2 fully saturated rings. The van der Waals surface area contributed by atoms with Crippen molar-refractivity contribution in [3.63, 3.8) is 0 Å². The van der Waals surface area contributed by atoms with Crippen molar-refractivity contribution in [2.75, 3.05) is 32.8 Å². The van der Waals surface area contributed by atoms with Crippen LogP contribution in [0.4, 0.5) is 0 Å². The Balaban J connectivity index is 1.99. The molecule has 2 amide bonds. The van der Waals surface area contributed by atoms with E-state index in [2.05, 4.69) is 17.6 Å². The van der Waals surface area contributed by atoms with Gasteiger partial charge in [0.1, 0.15) is 6.04 Å². The first-order valence-corrected chi connectivity index (χ1v) is 7.52. The van der Waals surface area contributed by atoms with Gasteiger partial charge in [0.2, 0.25) is 11.8 Å². The molecule has 114 valence electrons. The fourth-order valence-corrected chi connectivity index (χ4v) is 2.82. The molecule has 20 heavy (non-hydrogen) atoms. The fraction of sp³-hybridized carbons (Fsp3) is 0.857. The van der Waals surface area contributed by atoms with Crippen LogP contribution in [0.1, 0.15) is 26.7 Å². The van der Waals surface area contributed by atoms with Crippen molar-refractivity contribution in [2.45, 2.75) is 38.8 Å². The third kappa shape index (κ3) is 3.49. The molecule has 0 bridgehead atoms. The van der Waals surface area contributed by atoms with Crippen molar-refractivity contribution in [1.29, 1.82) is 0 Å².